The fourth-order valence-corrected chi connectivity index (χ4v) is 6.97. The quantitative estimate of drug-likeness (QED) is 0.316. The molecule has 4 aliphatic rings. The molecule has 0 bridgehead atoms. The molecule has 2 aromatic heterocycles. The van der Waals surface area contributed by atoms with Crippen LogP contribution in [-0.2, 0) is 19.3 Å². The third-order valence-corrected chi connectivity index (χ3v) is 8.87. The number of fused-ring (bicyclic) bond motifs is 3. The summed E-state index contributed by atoms with van der Waals surface area (Å²) in [5.41, 5.74) is 7.45. The summed E-state index contributed by atoms with van der Waals surface area (Å²) in [6.45, 7) is 2.43. The molecule has 0 amide bonds. The summed E-state index contributed by atoms with van der Waals surface area (Å²) in [5, 5.41) is 0. The van der Waals surface area contributed by atoms with Crippen molar-refractivity contribution in [2.24, 2.45) is 0 Å². The van der Waals surface area contributed by atoms with E-state index >= 15 is 0 Å². The van der Waals surface area contributed by atoms with E-state index in [1.807, 2.05) is 41.1 Å². The standard InChI is InChI=1S/C31H28BrN5O2/c32-24-18-21(30(38)27-29(24)36-17-11-20-7-5-8-22(19-33-27)28(20)36)6-3-4-14-35-15-12-23(13-16-35)37-26-10-2-1-9-25(26)34-31(37)39/h1-2,9-11,17-19,23H,5-8,12-16H2,(H,34,39). The maximum Gasteiger partial charge on any atom is 0.326 e. The van der Waals surface area contributed by atoms with Crippen LogP contribution in [-0.4, -0.2) is 43.5 Å². The van der Waals surface area contributed by atoms with Crippen molar-refractivity contribution in [2.45, 2.75) is 44.6 Å². The first kappa shape index (κ1) is 24.4. The van der Waals surface area contributed by atoms with E-state index in [4.69, 9.17) is 0 Å². The van der Waals surface area contributed by atoms with Crippen LogP contribution < -0.4 is 11.1 Å². The Balaban J connectivity index is 1.07. The normalized spacial score (nSPS) is 16.1. The highest BCUT2D eigenvalue weighted by Gasteiger charge is 2.24. The van der Waals surface area contributed by atoms with Gasteiger partial charge >= 0.3 is 5.69 Å². The summed E-state index contributed by atoms with van der Waals surface area (Å²) in [5.74, 6) is 6.50. The van der Waals surface area contributed by atoms with Crippen LogP contribution in [0.1, 0.15) is 42.0 Å². The van der Waals surface area contributed by atoms with E-state index in [2.05, 4.69) is 59.3 Å². The van der Waals surface area contributed by atoms with Crippen molar-refractivity contribution in [1.29, 1.82) is 0 Å². The third-order valence-electron chi connectivity index (χ3n) is 8.27. The molecule has 0 unspecified atom stereocenters. The van der Waals surface area contributed by atoms with Crippen LogP contribution >= 0.6 is 15.9 Å². The number of aromatic amines is 1. The average molecular weight is 583 g/mol. The molecular formula is C31H28BrN5O2. The Morgan fingerprint density at radius 2 is 1.87 bits per heavy atom. The number of H-pyrrole nitrogens is 1. The highest BCUT2D eigenvalue weighted by atomic mass is 79.9. The Hall–Kier alpha value is -3.67. The molecule has 3 aromatic rings. The number of halogens is 1. The second-order valence-corrected chi connectivity index (χ2v) is 11.4. The number of aromatic nitrogens is 4. The van der Waals surface area contributed by atoms with E-state index in [-0.39, 0.29) is 17.2 Å². The van der Waals surface area contributed by atoms with E-state index in [1.165, 1.54) is 16.6 Å². The molecule has 2 aliphatic heterocycles. The zero-order chi connectivity index (χ0) is 26.5. The van der Waals surface area contributed by atoms with Crippen LogP contribution in [0.4, 0.5) is 0 Å². The molecule has 1 saturated heterocycles. The summed E-state index contributed by atoms with van der Waals surface area (Å²) in [4.78, 5) is 36.0. The molecular weight excluding hydrogens is 554 g/mol. The first-order valence-electron chi connectivity index (χ1n) is 13.6. The number of hydrogen-bond acceptors (Lipinski definition) is 4. The summed E-state index contributed by atoms with van der Waals surface area (Å²) >= 11 is 3.73. The molecule has 1 fully saturated rings. The molecule has 7 rings (SSSR count). The monoisotopic (exact) mass is 581 g/mol. The van der Waals surface area contributed by atoms with Gasteiger partial charge in [-0.05, 0) is 83.4 Å². The summed E-state index contributed by atoms with van der Waals surface area (Å²) in [7, 11) is 0. The molecule has 0 saturated carbocycles. The molecule has 4 heterocycles. The minimum atomic E-state index is -0.0505. The van der Waals surface area contributed by atoms with E-state index < -0.39 is 0 Å². The lowest BCUT2D eigenvalue weighted by Crippen LogP contribution is -2.37. The first-order valence-corrected chi connectivity index (χ1v) is 14.4. The van der Waals surface area contributed by atoms with Crippen LogP contribution in [0.5, 0.6) is 0 Å². The van der Waals surface area contributed by atoms with Gasteiger partial charge in [0.25, 0.3) is 0 Å². The van der Waals surface area contributed by atoms with E-state index in [9.17, 15) is 9.59 Å². The maximum absolute atomic E-state index is 13.4. The van der Waals surface area contributed by atoms with Gasteiger partial charge in [0.1, 0.15) is 5.69 Å². The Bertz CT molecular complexity index is 1880. The fourth-order valence-electron chi connectivity index (χ4n) is 6.32. The Labute approximate surface area is 234 Å². The molecule has 1 N–H and O–H groups in total. The van der Waals surface area contributed by atoms with Gasteiger partial charge in [-0.15, -0.1) is 0 Å². The van der Waals surface area contributed by atoms with Gasteiger partial charge in [0, 0.05) is 48.0 Å². The van der Waals surface area contributed by atoms with Gasteiger partial charge in [-0.25, -0.2) is 4.79 Å². The van der Waals surface area contributed by atoms with Gasteiger partial charge in [0.05, 0.1) is 28.8 Å². The Morgan fingerprint density at radius 3 is 2.74 bits per heavy atom. The molecule has 39 heavy (non-hydrogen) atoms. The summed E-state index contributed by atoms with van der Waals surface area (Å²) in [6, 6.07) is 12.1. The third kappa shape index (κ3) is 4.21. The predicted octanol–water partition coefficient (Wildman–Crippen LogP) is 4.58. The second kappa shape index (κ2) is 9.82. The number of nitrogens with one attached hydrogen (secondary N) is 1. The number of nitrogens with zero attached hydrogens (tertiary/aromatic N) is 4. The maximum atomic E-state index is 13.4. The van der Waals surface area contributed by atoms with Gasteiger partial charge in [-0.3, -0.25) is 19.2 Å². The zero-order valence-corrected chi connectivity index (χ0v) is 23.1. The van der Waals surface area contributed by atoms with Crippen molar-refractivity contribution < 1.29 is 0 Å². The topological polar surface area (TPSA) is 75.4 Å². The molecule has 0 spiro atoms. The van der Waals surface area contributed by atoms with Crippen LogP contribution in [0.3, 0.4) is 0 Å². The Morgan fingerprint density at radius 1 is 1.05 bits per heavy atom. The van der Waals surface area contributed by atoms with Crippen LogP contribution in [0.25, 0.3) is 27.9 Å². The number of rotatable bonds is 3. The minimum Gasteiger partial charge on any atom is -0.313 e. The number of likely N-dealkylation sites (tertiary alicyclic amines) is 1. The van der Waals surface area contributed by atoms with Crippen molar-refractivity contribution in [1.82, 2.24) is 23.8 Å². The highest BCUT2D eigenvalue weighted by molar-refractivity contribution is 9.10. The van der Waals surface area contributed by atoms with Crippen LogP contribution in [0, 0.1) is 11.8 Å². The molecule has 1 aromatic carbocycles. The lowest BCUT2D eigenvalue weighted by molar-refractivity contribution is 0.206. The number of benzene rings is 2. The lowest BCUT2D eigenvalue weighted by atomic mass is 9.98. The predicted molar refractivity (Wildman–Crippen MR) is 157 cm³/mol. The van der Waals surface area contributed by atoms with E-state index in [0.29, 0.717) is 24.2 Å². The van der Waals surface area contributed by atoms with Gasteiger partial charge in [0.15, 0.2) is 0 Å². The van der Waals surface area contributed by atoms with Crippen molar-refractivity contribution in [3.8, 4) is 23.2 Å². The number of para-hydroxylation sites is 2. The number of imidazole rings is 1. The van der Waals surface area contributed by atoms with Crippen molar-refractivity contribution in [3.63, 3.8) is 0 Å². The summed E-state index contributed by atoms with van der Waals surface area (Å²) < 4.78 is 4.90. The van der Waals surface area contributed by atoms with Crippen LogP contribution in [0.15, 0.2) is 62.9 Å². The number of hydrogen-bond donors (Lipinski definition) is 1. The largest absolute Gasteiger partial charge is 0.326 e. The first-order chi connectivity index (χ1) is 19.1. The average Bonchev–Trinajstić information content (AvgIpc) is 3.47. The van der Waals surface area contributed by atoms with Crippen LogP contribution in [0.2, 0.25) is 0 Å². The van der Waals surface area contributed by atoms with Crippen molar-refractivity contribution in [3.05, 3.63) is 90.7 Å². The van der Waals surface area contributed by atoms with Crippen molar-refractivity contribution in [2.75, 3.05) is 19.6 Å². The molecule has 0 radical (unpaired) electrons. The van der Waals surface area contributed by atoms with Gasteiger partial charge in [-0.2, -0.15) is 0 Å². The van der Waals surface area contributed by atoms with Gasteiger partial charge in [-0.1, -0.05) is 24.0 Å². The number of aryl methyl sites for hydroxylation is 2. The SMILES string of the molecule is O=c1c(CC#CCN2CCC(n3c(=O)[nH]c4ccccc43)CC2)cc(Br)c2n3ccc4c3c(cnc1-2)CCC4. The van der Waals surface area contributed by atoms with E-state index in [1.54, 1.807) is 0 Å². The van der Waals surface area contributed by atoms with Gasteiger partial charge < -0.3 is 9.38 Å². The molecule has 2 aliphatic carbocycles. The molecule has 0 atom stereocenters. The molecule has 196 valence electrons. The zero-order valence-electron chi connectivity index (χ0n) is 21.5. The smallest absolute Gasteiger partial charge is 0.313 e. The summed E-state index contributed by atoms with van der Waals surface area (Å²) in [6.07, 6.45) is 9.31. The lowest BCUT2D eigenvalue weighted by Gasteiger charge is -2.31. The molecule has 8 heteroatoms. The second-order valence-electron chi connectivity index (χ2n) is 10.6. The molecule has 7 nitrogen and oxygen atoms in total. The minimum absolute atomic E-state index is 0.0330. The highest BCUT2D eigenvalue weighted by Crippen LogP contribution is 2.33. The van der Waals surface area contributed by atoms with E-state index in [0.717, 1.165) is 66.4 Å². The Kier molecular flexibility index (Phi) is 6.14. The van der Waals surface area contributed by atoms with Crippen molar-refractivity contribution >= 4 is 32.5 Å². The number of piperidine rings is 1. The fraction of sp³-hybridized carbons (Fsp3) is 0.323. The van der Waals surface area contributed by atoms with Gasteiger partial charge in [0.2, 0.25) is 5.43 Å².